The molecular formula is C12H22N2O5S. The van der Waals surface area contributed by atoms with Gasteiger partial charge in [-0.3, -0.25) is 9.59 Å². The lowest BCUT2D eigenvalue weighted by Crippen LogP contribution is -2.47. The van der Waals surface area contributed by atoms with E-state index >= 15 is 0 Å². The SMILES string of the molecule is CC1(C(=O)O)CCCN(CCS(=O)(=O)CCC(N)=O)C1. The molecular weight excluding hydrogens is 284 g/mol. The summed E-state index contributed by atoms with van der Waals surface area (Å²) in [4.78, 5) is 23.7. The minimum Gasteiger partial charge on any atom is -0.481 e. The molecule has 1 aliphatic heterocycles. The third-order valence-corrected chi connectivity index (χ3v) is 5.30. The van der Waals surface area contributed by atoms with Crippen LogP contribution >= 0.6 is 0 Å². The number of hydrogen-bond donors (Lipinski definition) is 2. The highest BCUT2D eigenvalue weighted by atomic mass is 32.2. The Morgan fingerprint density at radius 2 is 2.00 bits per heavy atom. The highest BCUT2D eigenvalue weighted by Gasteiger charge is 2.37. The first kappa shape index (κ1) is 16.9. The van der Waals surface area contributed by atoms with Crippen LogP contribution in [-0.4, -0.2) is 61.4 Å². The lowest BCUT2D eigenvalue weighted by Gasteiger charge is -2.37. The second-order valence-electron chi connectivity index (χ2n) is 5.61. The Labute approximate surface area is 119 Å². The Balaban J connectivity index is 2.49. The number of primary amides is 1. The molecule has 0 bridgehead atoms. The zero-order valence-electron chi connectivity index (χ0n) is 11.7. The van der Waals surface area contributed by atoms with Crippen LogP contribution in [-0.2, 0) is 19.4 Å². The summed E-state index contributed by atoms with van der Waals surface area (Å²) in [7, 11) is -3.32. The maximum Gasteiger partial charge on any atom is 0.310 e. The number of carbonyl (C=O) groups is 2. The molecule has 0 aromatic rings. The summed E-state index contributed by atoms with van der Waals surface area (Å²) in [5.74, 6) is -1.80. The Hall–Kier alpha value is -1.15. The molecule has 7 nitrogen and oxygen atoms in total. The summed E-state index contributed by atoms with van der Waals surface area (Å²) in [5, 5.41) is 9.19. The molecule has 1 fully saturated rings. The topological polar surface area (TPSA) is 118 Å². The summed E-state index contributed by atoms with van der Waals surface area (Å²) in [5.41, 5.74) is 4.12. The number of nitrogens with zero attached hydrogens (tertiary/aromatic N) is 1. The van der Waals surface area contributed by atoms with Crippen molar-refractivity contribution in [2.24, 2.45) is 11.1 Å². The smallest absolute Gasteiger partial charge is 0.310 e. The molecule has 1 unspecified atom stereocenters. The average Bonchev–Trinajstić information content (AvgIpc) is 2.34. The molecule has 1 atom stereocenters. The number of carbonyl (C=O) groups excluding carboxylic acids is 1. The van der Waals surface area contributed by atoms with Crippen LogP contribution in [0.3, 0.4) is 0 Å². The average molecular weight is 306 g/mol. The van der Waals surface area contributed by atoms with E-state index in [-0.39, 0.29) is 17.9 Å². The highest BCUT2D eigenvalue weighted by molar-refractivity contribution is 7.91. The number of hydrogen-bond acceptors (Lipinski definition) is 5. The van der Waals surface area contributed by atoms with Gasteiger partial charge in [0.1, 0.15) is 0 Å². The highest BCUT2D eigenvalue weighted by Crippen LogP contribution is 2.29. The Kier molecular flexibility index (Phi) is 5.52. The van der Waals surface area contributed by atoms with Gasteiger partial charge in [-0.2, -0.15) is 0 Å². The molecule has 1 saturated heterocycles. The van der Waals surface area contributed by atoms with E-state index in [2.05, 4.69) is 0 Å². The van der Waals surface area contributed by atoms with Crippen molar-refractivity contribution in [3.05, 3.63) is 0 Å². The van der Waals surface area contributed by atoms with Gasteiger partial charge in [-0.05, 0) is 26.3 Å². The van der Waals surface area contributed by atoms with Crippen LogP contribution in [0.5, 0.6) is 0 Å². The van der Waals surface area contributed by atoms with E-state index in [0.29, 0.717) is 26.1 Å². The van der Waals surface area contributed by atoms with Crippen molar-refractivity contribution in [1.29, 1.82) is 0 Å². The van der Waals surface area contributed by atoms with Crippen LogP contribution in [0.2, 0.25) is 0 Å². The Bertz CT molecular complexity index is 476. The van der Waals surface area contributed by atoms with E-state index in [1.54, 1.807) is 6.92 Å². The van der Waals surface area contributed by atoms with Crippen molar-refractivity contribution in [3.63, 3.8) is 0 Å². The summed E-state index contributed by atoms with van der Waals surface area (Å²) in [6.45, 7) is 3.04. The molecule has 0 aromatic carbocycles. The largest absolute Gasteiger partial charge is 0.481 e. The van der Waals surface area contributed by atoms with Gasteiger partial charge in [0.15, 0.2) is 9.84 Å². The first-order chi connectivity index (χ1) is 9.15. The van der Waals surface area contributed by atoms with E-state index in [1.165, 1.54) is 0 Å². The standard InChI is InChI=1S/C12H22N2O5S/c1-12(11(16)17)4-2-5-14(9-12)6-8-20(18,19)7-3-10(13)15/h2-9H2,1H3,(H2,13,15)(H,16,17). The number of aliphatic carboxylic acids is 1. The van der Waals surface area contributed by atoms with Crippen LogP contribution in [0, 0.1) is 5.41 Å². The van der Waals surface area contributed by atoms with Crippen molar-refractivity contribution in [2.45, 2.75) is 26.2 Å². The van der Waals surface area contributed by atoms with Crippen molar-refractivity contribution in [3.8, 4) is 0 Å². The summed E-state index contributed by atoms with van der Waals surface area (Å²) in [6.07, 6.45) is 1.17. The number of likely N-dealkylation sites (tertiary alicyclic amines) is 1. The summed E-state index contributed by atoms with van der Waals surface area (Å²) in [6, 6.07) is 0. The molecule has 0 saturated carbocycles. The van der Waals surface area contributed by atoms with E-state index in [1.807, 2.05) is 4.90 Å². The van der Waals surface area contributed by atoms with Crippen LogP contribution < -0.4 is 5.73 Å². The number of carboxylic acid groups (broad SMARTS) is 1. The number of rotatable bonds is 7. The van der Waals surface area contributed by atoms with Gasteiger partial charge in [-0.15, -0.1) is 0 Å². The fourth-order valence-corrected chi connectivity index (χ4v) is 3.59. The molecule has 20 heavy (non-hydrogen) atoms. The van der Waals surface area contributed by atoms with Gasteiger partial charge in [-0.1, -0.05) is 0 Å². The number of piperidine rings is 1. The molecule has 0 radical (unpaired) electrons. The predicted molar refractivity (Wildman–Crippen MR) is 73.9 cm³/mol. The number of nitrogens with two attached hydrogens (primary N) is 1. The molecule has 116 valence electrons. The van der Waals surface area contributed by atoms with Crippen LogP contribution in [0.15, 0.2) is 0 Å². The second kappa shape index (κ2) is 6.53. The van der Waals surface area contributed by atoms with E-state index in [4.69, 9.17) is 5.73 Å². The fraction of sp³-hybridized carbons (Fsp3) is 0.833. The van der Waals surface area contributed by atoms with Crippen LogP contribution in [0.25, 0.3) is 0 Å². The van der Waals surface area contributed by atoms with Gasteiger partial charge in [0.25, 0.3) is 0 Å². The van der Waals surface area contributed by atoms with Gasteiger partial charge in [0.05, 0.1) is 16.9 Å². The van der Waals surface area contributed by atoms with E-state index in [0.717, 1.165) is 6.42 Å². The van der Waals surface area contributed by atoms with E-state index < -0.39 is 27.1 Å². The minimum atomic E-state index is -3.32. The zero-order chi connectivity index (χ0) is 15.4. The van der Waals surface area contributed by atoms with Crippen LogP contribution in [0.4, 0.5) is 0 Å². The van der Waals surface area contributed by atoms with Gasteiger partial charge >= 0.3 is 5.97 Å². The molecule has 1 amide bonds. The monoisotopic (exact) mass is 306 g/mol. The molecule has 1 rings (SSSR count). The number of carboxylic acids is 1. The van der Waals surface area contributed by atoms with Gasteiger partial charge < -0.3 is 15.7 Å². The van der Waals surface area contributed by atoms with Crippen molar-refractivity contribution in [1.82, 2.24) is 4.90 Å². The molecule has 3 N–H and O–H groups in total. The van der Waals surface area contributed by atoms with Crippen molar-refractivity contribution < 1.29 is 23.1 Å². The molecule has 8 heteroatoms. The first-order valence-electron chi connectivity index (χ1n) is 6.59. The Morgan fingerprint density at radius 3 is 2.55 bits per heavy atom. The molecule has 0 aromatic heterocycles. The number of amides is 1. The molecule has 0 aliphatic carbocycles. The normalized spacial score (nSPS) is 24.4. The third-order valence-electron chi connectivity index (χ3n) is 3.67. The maximum atomic E-state index is 11.7. The van der Waals surface area contributed by atoms with Crippen molar-refractivity contribution in [2.75, 3.05) is 31.1 Å². The number of sulfone groups is 1. The van der Waals surface area contributed by atoms with E-state index in [9.17, 15) is 23.1 Å². The third kappa shape index (κ3) is 5.09. The molecule has 0 spiro atoms. The summed E-state index contributed by atoms with van der Waals surface area (Å²) < 4.78 is 23.4. The quantitative estimate of drug-likeness (QED) is 0.652. The molecule has 1 heterocycles. The van der Waals surface area contributed by atoms with Gasteiger partial charge in [0.2, 0.25) is 5.91 Å². The second-order valence-corrected chi connectivity index (χ2v) is 7.92. The summed E-state index contributed by atoms with van der Waals surface area (Å²) >= 11 is 0. The predicted octanol–water partition coefficient (Wildman–Crippen LogP) is -0.537. The zero-order valence-corrected chi connectivity index (χ0v) is 12.5. The van der Waals surface area contributed by atoms with Crippen molar-refractivity contribution >= 4 is 21.7 Å². The molecule has 1 aliphatic rings. The van der Waals surface area contributed by atoms with Crippen LogP contribution in [0.1, 0.15) is 26.2 Å². The van der Waals surface area contributed by atoms with Gasteiger partial charge in [0, 0.05) is 19.5 Å². The first-order valence-corrected chi connectivity index (χ1v) is 8.41. The maximum absolute atomic E-state index is 11.7. The van der Waals surface area contributed by atoms with Gasteiger partial charge in [-0.25, -0.2) is 8.42 Å². The lowest BCUT2D eigenvalue weighted by atomic mass is 9.82. The fourth-order valence-electron chi connectivity index (χ4n) is 2.34. The lowest BCUT2D eigenvalue weighted by molar-refractivity contribution is -0.151. The minimum absolute atomic E-state index is 0.0734. The Morgan fingerprint density at radius 1 is 1.35 bits per heavy atom.